The molecule has 1 unspecified atom stereocenters. The Morgan fingerprint density at radius 2 is 1.96 bits per heavy atom. The average Bonchev–Trinajstić information content (AvgIpc) is 3.19. The molecular formula is C19H17FN2S. The zero-order valence-electron chi connectivity index (χ0n) is 12.7. The molecular weight excluding hydrogens is 307 g/mol. The molecule has 0 aliphatic carbocycles. The summed E-state index contributed by atoms with van der Waals surface area (Å²) in [7, 11) is 0. The number of thioether (sulfide) groups is 1. The highest BCUT2D eigenvalue weighted by atomic mass is 32.2. The van der Waals surface area contributed by atoms with Crippen molar-refractivity contribution >= 4 is 11.8 Å². The number of hydrogen-bond acceptors (Lipinski definition) is 2. The maximum Gasteiger partial charge on any atom is 0.123 e. The summed E-state index contributed by atoms with van der Waals surface area (Å²) in [6.45, 7) is 0.867. The van der Waals surface area contributed by atoms with Crippen LogP contribution in [0.25, 0.3) is 0 Å². The molecule has 23 heavy (non-hydrogen) atoms. The van der Waals surface area contributed by atoms with Crippen LogP contribution < -0.4 is 0 Å². The number of aromatic nitrogens is 2. The van der Waals surface area contributed by atoms with Gasteiger partial charge in [0.1, 0.15) is 5.82 Å². The third-order valence-electron chi connectivity index (χ3n) is 4.41. The largest absolute Gasteiger partial charge is 0.336 e. The summed E-state index contributed by atoms with van der Waals surface area (Å²) in [4.78, 5) is 4.17. The number of nitrogens with zero attached hydrogens (tertiary/aromatic N) is 2. The van der Waals surface area contributed by atoms with Gasteiger partial charge in [0.15, 0.2) is 0 Å². The van der Waals surface area contributed by atoms with Crippen molar-refractivity contribution in [3.63, 3.8) is 0 Å². The molecule has 0 spiro atoms. The summed E-state index contributed by atoms with van der Waals surface area (Å²) in [5.74, 6) is 0.836. The Bertz CT molecular complexity index is 799. The van der Waals surface area contributed by atoms with E-state index in [9.17, 15) is 4.39 Å². The smallest absolute Gasteiger partial charge is 0.123 e. The van der Waals surface area contributed by atoms with Gasteiger partial charge in [-0.2, -0.15) is 0 Å². The van der Waals surface area contributed by atoms with Crippen molar-refractivity contribution in [2.75, 3.05) is 0 Å². The van der Waals surface area contributed by atoms with Crippen LogP contribution in [0.15, 0.2) is 67.3 Å². The Kier molecular flexibility index (Phi) is 3.69. The van der Waals surface area contributed by atoms with Crippen LogP contribution in [0.4, 0.5) is 4.39 Å². The van der Waals surface area contributed by atoms with Gasteiger partial charge in [-0.25, -0.2) is 9.37 Å². The van der Waals surface area contributed by atoms with Crippen molar-refractivity contribution in [3.8, 4) is 0 Å². The van der Waals surface area contributed by atoms with Crippen LogP contribution in [0, 0.1) is 5.82 Å². The van der Waals surface area contributed by atoms with E-state index < -0.39 is 0 Å². The van der Waals surface area contributed by atoms with Gasteiger partial charge in [-0.1, -0.05) is 36.4 Å². The molecule has 2 heterocycles. The minimum absolute atomic E-state index is 0.0326. The number of fused-ring (bicyclic) bond motifs is 1. The Morgan fingerprint density at radius 3 is 2.74 bits per heavy atom. The van der Waals surface area contributed by atoms with Crippen LogP contribution in [0.2, 0.25) is 0 Å². The molecule has 4 rings (SSSR count). The topological polar surface area (TPSA) is 17.8 Å². The fourth-order valence-corrected chi connectivity index (χ4v) is 4.87. The minimum Gasteiger partial charge on any atom is -0.336 e. The second-order valence-electron chi connectivity index (χ2n) is 5.98. The van der Waals surface area contributed by atoms with Crippen LogP contribution in [-0.2, 0) is 23.5 Å². The first kappa shape index (κ1) is 14.5. The molecule has 0 amide bonds. The number of halogens is 1. The van der Waals surface area contributed by atoms with Gasteiger partial charge in [0.05, 0.1) is 11.1 Å². The van der Waals surface area contributed by atoms with Crippen molar-refractivity contribution in [1.82, 2.24) is 9.55 Å². The van der Waals surface area contributed by atoms with E-state index in [1.807, 2.05) is 42.6 Å². The van der Waals surface area contributed by atoms with E-state index in [1.54, 1.807) is 12.1 Å². The van der Waals surface area contributed by atoms with E-state index in [4.69, 9.17) is 0 Å². The molecule has 3 aromatic rings. The lowest BCUT2D eigenvalue weighted by atomic mass is 9.88. The molecule has 0 saturated heterocycles. The SMILES string of the molecule is Fc1ccc(CC2(Cn3ccnc3)SCc3ccccc32)cc1. The van der Waals surface area contributed by atoms with E-state index in [0.29, 0.717) is 0 Å². The molecule has 0 fully saturated rings. The predicted molar refractivity (Wildman–Crippen MR) is 91.7 cm³/mol. The Morgan fingerprint density at radius 1 is 1.13 bits per heavy atom. The fourth-order valence-electron chi connectivity index (χ4n) is 3.32. The van der Waals surface area contributed by atoms with E-state index in [-0.39, 0.29) is 10.6 Å². The lowest BCUT2D eigenvalue weighted by Gasteiger charge is -2.30. The highest BCUT2D eigenvalue weighted by molar-refractivity contribution is 7.99. The van der Waals surface area contributed by atoms with Gasteiger partial charge in [-0.15, -0.1) is 11.8 Å². The van der Waals surface area contributed by atoms with Gasteiger partial charge in [0.2, 0.25) is 0 Å². The first-order chi connectivity index (χ1) is 11.3. The lowest BCUT2D eigenvalue weighted by molar-refractivity contribution is 0.512. The quantitative estimate of drug-likeness (QED) is 0.707. The van der Waals surface area contributed by atoms with Crippen LogP contribution in [0.5, 0.6) is 0 Å². The summed E-state index contributed by atoms with van der Waals surface area (Å²) >= 11 is 1.97. The summed E-state index contributed by atoms with van der Waals surface area (Å²) < 4.78 is 15.3. The van der Waals surface area contributed by atoms with Crippen LogP contribution in [-0.4, -0.2) is 9.55 Å². The summed E-state index contributed by atoms with van der Waals surface area (Å²) in [6, 6.07) is 15.5. The third-order valence-corrected chi connectivity index (χ3v) is 5.91. The van der Waals surface area contributed by atoms with E-state index >= 15 is 0 Å². The number of benzene rings is 2. The Hall–Kier alpha value is -2.07. The normalized spacial score (nSPS) is 19.7. The van der Waals surface area contributed by atoms with Crippen molar-refractivity contribution in [3.05, 3.63) is 89.8 Å². The molecule has 0 bridgehead atoms. The molecule has 0 N–H and O–H groups in total. The molecule has 0 saturated carbocycles. The lowest BCUT2D eigenvalue weighted by Crippen LogP contribution is -2.28. The zero-order valence-corrected chi connectivity index (χ0v) is 13.5. The fraction of sp³-hybridized carbons (Fsp3) is 0.211. The molecule has 1 aromatic heterocycles. The highest BCUT2D eigenvalue weighted by Gasteiger charge is 2.39. The molecule has 1 aliphatic heterocycles. The zero-order chi connectivity index (χ0) is 15.7. The number of imidazole rings is 1. The van der Waals surface area contributed by atoms with E-state index in [2.05, 4.69) is 33.8 Å². The van der Waals surface area contributed by atoms with Gasteiger partial charge in [0.25, 0.3) is 0 Å². The number of hydrogen-bond donors (Lipinski definition) is 0. The van der Waals surface area contributed by atoms with Gasteiger partial charge in [0, 0.05) is 24.7 Å². The number of rotatable bonds is 4. The van der Waals surface area contributed by atoms with Gasteiger partial charge >= 0.3 is 0 Å². The van der Waals surface area contributed by atoms with Crippen molar-refractivity contribution in [2.45, 2.75) is 23.5 Å². The van der Waals surface area contributed by atoms with E-state index in [1.165, 1.54) is 11.1 Å². The molecule has 116 valence electrons. The molecule has 1 atom stereocenters. The second kappa shape index (κ2) is 5.85. The van der Waals surface area contributed by atoms with E-state index in [0.717, 1.165) is 24.3 Å². The van der Waals surface area contributed by atoms with Crippen molar-refractivity contribution in [1.29, 1.82) is 0 Å². The Labute approximate surface area is 139 Å². The summed E-state index contributed by atoms with van der Waals surface area (Å²) in [5.41, 5.74) is 3.96. The van der Waals surface area contributed by atoms with Crippen LogP contribution >= 0.6 is 11.8 Å². The molecule has 2 nitrogen and oxygen atoms in total. The van der Waals surface area contributed by atoms with Crippen molar-refractivity contribution < 1.29 is 4.39 Å². The van der Waals surface area contributed by atoms with Crippen molar-refractivity contribution in [2.24, 2.45) is 0 Å². The first-order valence-electron chi connectivity index (χ1n) is 7.68. The van der Waals surface area contributed by atoms with Crippen LogP contribution in [0.3, 0.4) is 0 Å². The van der Waals surface area contributed by atoms with Gasteiger partial charge in [-0.3, -0.25) is 0 Å². The monoisotopic (exact) mass is 324 g/mol. The summed E-state index contributed by atoms with van der Waals surface area (Å²) in [6.07, 6.45) is 6.58. The average molecular weight is 324 g/mol. The maximum atomic E-state index is 13.2. The summed E-state index contributed by atoms with van der Waals surface area (Å²) in [5, 5.41) is 0. The molecule has 2 aromatic carbocycles. The third kappa shape index (κ3) is 2.79. The predicted octanol–water partition coefficient (Wildman–Crippen LogP) is 4.41. The minimum atomic E-state index is -0.183. The molecule has 4 heteroatoms. The molecule has 1 aliphatic rings. The highest BCUT2D eigenvalue weighted by Crippen LogP contribution is 2.50. The van der Waals surface area contributed by atoms with Gasteiger partial charge < -0.3 is 4.57 Å². The second-order valence-corrected chi connectivity index (χ2v) is 7.34. The first-order valence-corrected chi connectivity index (χ1v) is 8.66. The standard InChI is InChI=1S/C19H17FN2S/c20-17-7-5-15(6-8-17)11-19(13-22-10-9-21-14-22)18-4-2-1-3-16(18)12-23-19/h1-10,14H,11-13H2. The van der Waals surface area contributed by atoms with Crippen LogP contribution in [0.1, 0.15) is 16.7 Å². The maximum absolute atomic E-state index is 13.2. The molecule has 0 radical (unpaired) electrons. The Balaban J connectivity index is 1.74. The van der Waals surface area contributed by atoms with Gasteiger partial charge in [-0.05, 0) is 35.2 Å².